The Bertz CT molecular complexity index is 259. The van der Waals surface area contributed by atoms with Crippen LogP contribution in [0.3, 0.4) is 0 Å². The normalized spacial score (nSPS) is 13.8. The average molecular weight is 287 g/mol. The zero-order chi connectivity index (χ0) is 15.2. The first kappa shape index (κ1) is 18.6. The highest BCUT2D eigenvalue weighted by Crippen LogP contribution is 2.43. The highest BCUT2D eigenvalue weighted by Gasteiger charge is 2.47. The zero-order valence-electron chi connectivity index (χ0n) is 14.4. The van der Waals surface area contributed by atoms with Gasteiger partial charge < -0.3 is 9.16 Å². The Labute approximate surface area is 121 Å². The van der Waals surface area contributed by atoms with Crippen LogP contribution in [0.4, 0.5) is 0 Å². The van der Waals surface area contributed by atoms with Crippen molar-refractivity contribution in [2.75, 3.05) is 6.61 Å². The Hall–Kier alpha value is -0.443. The van der Waals surface area contributed by atoms with Gasteiger partial charge in [-0.3, -0.25) is 0 Å². The molecule has 0 aromatic carbocycles. The van der Waals surface area contributed by atoms with Gasteiger partial charge in [0, 0.05) is 0 Å². The van der Waals surface area contributed by atoms with E-state index in [0.29, 0.717) is 29.1 Å². The van der Waals surface area contributed by atoms with E-state index in [9.17, 15) is 0 Å². The van der Waals surface area contributed by atoms with Crippen molar-refractivity contribution >= 4 is 8.32 Å². The van der Waals surface area contributed by atoms with Crippen LogP contribution in [0, 0.1) is 5.92 Å². The lowest BCUT2D eigenvalue weighted by molar-refractivity contribution is 0.102. The van der Waals surface area contributed by atoms with Gasteiger partial charge in [-0.05, 0) is 35.5 Å². The van der Waals surface area contributed by atoms with Crippen molar-refractivity contribution in [1.82, 2.24) is 0 Å². The van der Waals surface area contributed by atoms with Gasteiger partial charge in [0.2, 0.25) is 0 Å². The number of hydrogen-bond donors (Lipinski definition) is 0. The summed E-state index contributed by atoms with van der Waals surface area (Å²) in [7, 11) is -1.89. The molecule has 0 aromatic rings. The largest absolute Gasteiger partial charge is 0.518 e. The molecule has 0 fully saturated rings. The summed E-state index contributed by atoms with van der Waals surface area (Å²) >= 11 is 0. The van der Waals surface area contributed by atoms with Gasteiger partial charge in [0.15, 0.2) is 0 Å². The second-order valence-electron chi connectivity index (χ2n) is 6.58. The first-order chi connectivity index (χ1) is 8.68. The van der Waals surface area contributed by atoms with Gasteiger partial charge >= 0.3 is 0 Å². The van der Waals surface area contributed by atoms with Crippen molar-refractivity contribution < 1.29 is 9.16 Å². The Balaban J connectivity index is 5.39. The first-order valence-electron chi connectivity index (χ1n) is 7.71. The van der Waals surface area contributed by atoms with Crippen molar-refractivity contribution in [1.29, 1.82) is 0 Å². The highest BCUT2D eigenvalue weighted by atomic mass is 28.4. The Morgan fingerprint density at radius 2 is 1.32 bits per heavy atom. The summed E-state index contributed by atoms with van der Waals surface area (Å²) in [6, 6.07) is 0. The third-order valence-electron chi connectivity index (χ3n) is 3.74. The van der Waals surface area contributed by atoms with E-state index >= 15 is 0 Å². The molecule has 114 valence electrons. The van der Waals surface area contributed by atoms with E-state index in [1.807, 2.05) is 6.92 Å². The number of hydrogen-bond acceptors (Lipinski definition) is 2. The molecule has 0 unspecified atom stereocenters. The van der Waals surface area contributed by atoms with E-state index in [1.54, 1.807) is 0 Å². The van der Waals surface area contributed by atoms with Gasteiger partial charge in [0.05, 0.1) is 6.61 Å². The summed E-state index contributed by atoms with van der Waals surface area (Å²) in [5, 5.41) is 0. The third kappa shape index (κ3) is 4.86. The molecular formula is C16H34O2Si. The van der Waals surface area contributed by atoms with Crippen LogP contribution in [-0.4, -0.2) is 14.9 Å². The van der Waals surface area contributed by atoms with Crippen molar-refractivity contribution in [3.63, 3.8) is 0 Å². The lowest BCUT2D eigenvalue weighted by Gasteiger charge is -2.42. The smallest absolute Gasteiger partial charge is 0.262 e. The molecule has 0 radical (unpaired) electrons. The molecule has 0 amide bonds. The molecule has 0 rings (SSSR count). The molecule has 0 aliphatic rings. The van der Waals surface area contributed by atoms with Crippen LogP contribution in [0.2, 0.25) is 16.6 Å². The molecule has 0 N–H and O–H groups in total. The molecule has 0 bridgehead atoms. The van der Waals surface area contributed by atoms with E-state index in [0.717, 1.165) is 5.95 Å². The molecule has 0 spiro atoms. The van der Waals surface area contributed by atoms with Crippen molar-refractivity contribution in [3.8, 4) is 0 Å². The lowest BCUT2D eigenvalue weighted by atomic mass is 10.2. The Morgan fingerprint density at radius 3 is 1.58 bits per heavy atom. The second kappa shape index (κ2) is 7.98. The molecule has 0 heterocycles. The van der Waals surface area contributed by atoms with Crippen LogP contribution in [-0.2, 0) is 9.16 Å². The number of rotatable bonds is 8. The molecule has 0 saturated carbocycles. The predicted octanol–water partition coefficient (Wildman–Crippen LogP) is 5.71. The van der Waals surface area contributed by atoms with Crippen LogP contribution in [0.15, 0.2) is 12.0 Å². The van der Waals surface area contributed by atoms with Crippen molar-refractivity contribution in [3.05, 3.63) is 12.0 Å². The second-order valence-corrected chi connectivity index (χ2v) is 12.0. The molecule has 3 heteroatoms. The SMILES string of the molecule is CCO/C(=C\C(C)C)O[Si](C(C)C)(C(C)C)C(C)C. The molecule has 0 aliphatic heterocycles. The quantitative estimate of drug-likeness (QED) is 0.420. The maximum atomic E-state index is 6.55. The van der Waals surface area contributed by atoms with E-state index in [-0.39, 0.29) is 0 Å². The maximum absolute atomic E-state index is 6.55. The van der Waals surface area contributed by atoms with Gasteiger partial charge in [0.1, 0.15) is 0 Å². The fourth-order valence-electron chi connectivity index (χ4n) is 3.05. The highest BCUT2D eigenvalue weighted by molar-refractivity contribution is 6.77. The van der Waals surface area contributed by atoms with Crippen LogP contribution in [0.5, 0.6) is 0 Å². The van der Waals surface area contributed by atoms with Crippen molar-refractivity contribution in [2.24, 2.45) is 5.92 Å². The van der Waals surface area contributed by atoms with E-state index in [1.165, 1.54) is 0 Å². The average Bonchev–Trinajstić information content (AvgIpc) is 2.23. The summed E-state index contributed by atoms with van der Waals surface area (Å²) in [6.45, 7) is 20.8. The lowest BCUT2D eigenvalue weighted by Crippen LogP contribution is -2.47. The van der Waals surface area contributed by atoms with Gasteiger partial charge in [-0.1, -0.05) is 55.4 Å². The molecule has 0 aromatic heterocycles. The van der Waals surface area contributed by atoms with Crippen LogP contribution < -0.4 is 0 Å². The summed E-state index contributed by atoms with van der Waals surface area (Å²) in [5.74, 6) is 1.19. The standard InChI is InChI=1S/C16H34O2Si/c1-10-17-16(11-12(2)3)18-19(13(4)5,14(6)7)15(8)9/h11-15H,10H2,1-9H3/b16-11+. The van der Waals surface area contributed by atoms with Gasteiger partial charge in [0.25, 0.3) is 14.3 Å². The van der Waals surface area contributed by atoms with E-state index in [4.69, 9.17) is 9.16 Å². The maximum Gasteiger partial charge on any atom is 0.262 e. The predicted molar refractivity (Wildman–Crippen MR) is 86.7 cm³/mol. The minimum Gasteiger partial charge on any atom is -0.518 e. The van der Waals surface area contributed by atoms with E-state index in [2.05, 4.69) is 61.5 Å². The topological polar surface area (TPSA) is 18.5 Å². The molecule has 0 saturated heterocycles. The van der Waals surface area contributed by atoms with Crippen molar-refractivity contribution in [2.45, 2.75) is 78.9 Å². The molecule has 0 aliphatic carbocycles. The summed E-state index contributed by atoms with van der Waals surface area (Å²) in [4.78, 5) is 0. The summed E-state index contributed by atoms with van der Waals surface area (Å²) < 4.78 is 12.3. The summed E-state index contributed by atoms with van der Waals surface area (Å²) in [6.07, 6.45) is 2.11. The molecule has 2 nitrogen and oxygen atoms in total. The van der Waals surface area contributed by atoms with Crippen LogP contribution in [0.25, 0.3) is 0 Å². The Kier molecular flexibility index (Phi) is 7.79. The minimum absolute atomic E-state index is 0.444. The van der Waals surface area contributed by atoms with Gasteiger partial charge in [-0.25, -0.2) is 0 Å². The minimum atomic E-state index is -1.89. The Morgan fingerprint density at radius 1 is 0.895 bits per heavy atom. The monoisotopic (exact) mass is 286 g/mol. The first-order valence-corrected chi connectivity index (χ1v) is 9.86. The number of ether oxygens (including phenoxy) is 1. The summed E-state index contributed by atoms with van der Waals surface area (Å²) in [5.41, 5.74) is 1.72. The molecular weight excluding hydrogens is 252 g/mol. The zero-order valence-corrected chi connectivity index (χ0v) is 15.4. The van der Waals surface area contributed by atoms with Crippen LogP contribution >= 0.6 is 0 Å². The van der Waals surface area contributed by atoms with Crippen LogP contribution in [0.1, 0.15) is 62.3 Å². The van der Waals surface area contributed by atoms with Gasteiger partial charge in [-0.2, -0.15) is 0 Å². The fourth-order valence-corrected chi connectivity index (χ4v) is 8.24. The molecule has 0 atom stereocenters. The molecule has 19 heavy (non-hydrogen) atoms. The third-order valence-corrected chi connectivity index (χ3v) is 9.71. The van der Waals surface area contributed by atoms with Gasteiger partial charge in [-0.15, -0.1) is 0 Å². The van der Waals surface area contributed by atoms with E-state index < -0.39 is 8.32 Å². The number of allylic oxidation sites excluding steroid dienone is 1. The fraction of sp³-hybridized carbons (Fsp3) is 0.875.